The lowest BCUT2D eigenvalue weighted by molar-refractivity contribution is -0.386. The van der Waals surface area contributed by atoms with Crippen LogP contribution in [0.25, 0.3) is 0 Å². The van der Waals surface area contributed by atoms with Crippen molar-refractivity contribution in [2.45, 2.75) is 6.54 Å². The molecule has 0 aromatic heterocycles. The fraction of sp³-hybridized carbons (Fsp3) is 0.200. The zero-order valence-corrected chi connectivity index (χ0v) is 11.7. The van der Waals surface area contributed by atoms with Crippen molar-refractivity contribution in [2.24, 2.45) is 0 Å². The van der Waals surface area contributed by atoms with Crippen LogP contribution in [0.1, 0.15) is 5.56 Å². The van der Waals surface area contributed by atoms with Crippen molar-refractivity contribution in [1.82, 2.24) is 0 Å². The molecule has 0 saturated heterocycles. The molecule has 0 saturated carbocycles. The molecule has 0 radical (unpaired) electrons. The molecule has 2 aromatic carbocycles. The Hall–Kier alpha value is -2.63. The van der Waals surface area contributed by atoms with Crippen LogP contribution < -0.4 is 9.64 Å². The molecule has 110 valence electrons. The van der Waals surface area contributed by atoms with Gasteiger partial charge in [-0.15, -0.1) is 0 Å². The number of para-hydroxylation sites is 2. The second kappa shape index (κ2) is 6.21. The van der Waals surface area contributed by atoms with Crippen LogP contribution in [-0.2, 0) is 6.54 Å². The average Bonchev–Trinajstić information content (AvgIpc) is 2.47. The summed E-state index contributed by atoms with van der Waals surface area (Å²) in [5.41, 5.74) is 0.571. The molecule has 6 heteroatoms. The molecule has 0 atom stereocenters. The minimum absolute atomic E-state index is 0.228. The summed E-state index contributed by atoms with van der Waals surface area (Å²) in [5.74, 6) is -0.159. The summed E-state index contributed by atoms with van der Waals surface area (Å²) >= 11 is 0. The highest BCUT2D eigenvalue weighted by molar-refractivity contribution is 5.63. The van der Waals surface area contributed by atoms with E-state index in [0.29, 0.717) is 12.3 Å². The molecule has 0 aliphatic heterocycles. The van der Waals surface area contributed by atoms with Gasteiger partial charge in [0, 0.05) is 19.2 Å². The van der Waals surface area contributed by atoms with Crippen molar-refractivity contribution >= 4 is 11.4 Å². The van der Waals surface area contributed by atoms with E-state index in [1.54, 1.807) is 19.1 Å². The number of nitro benzene ring substituents is 1. The van der Waals surface area contributed by atoms with Crippen LogP contribution in [0.15, 0.2) is 42.5 Å². The maximum absolute atomic E-state index is 13.7. The molecule has 0 aliphatic rings. The summed E-state index contributed by atoms with van der Waals surface area (Å²) in [6, 6.07) is 11.4. The Morgan fingerprint density at radius 1 is 1.24 bits per heavy atom. The van der Waals surface area contributed by atoms with Gasteiger partial charge in [0.2, 0.25) is 5.82 Å². The van der Waals surface area contributed by atoms with Crippen LogP contribution in [0.5, 0.6) is 5.75 Å². The van der Waals surface area contributed by atoms with Crippen LogP contribution in [0.2, 0.25) is 0 Å². The summed E-state index contributed by atoms with van der Waals surface area (Å²) in [5, 5.41) is 11.0. The molecule has 2 rings (SSSR count). The molecule has 21 heavy (non-hydrogen) atoms. The van der Waals surface area contributed by atoms with Crippen LogP contribution in [-0.4, -0.2) is 19.1 Å². The van der Waals surface area contributed by atoms with Gasteiger partial charge >= 0.3 is 5.69 Å². The lowest BCUT2D eigenvalue weighted by Gasteiger charge is -2.20. The Morgan fingerprint density at radius 2 is 1.95 bits per heavy atom. The molecule has 0 N–H and O–H groups in total. The Labute approximate surface area is 121 Å². The second-order valence-electron chi connectivity index (χ2n) is 4.53. The highest BCUT2D eigenvalue weighted by atomic mass is 19.1. The highest BCUT2D eigenvalue weighted by Gasteiger charge is 2.22. The molecular formula is C15H15FN2O3. The fourth-order valence-corrected chi connectivity index (χ4v) is 2.17. The topological polar surface area (TPSA) is 55.6 Å². The van der Waals surface area contributed by atoms with Crippen LogP contribution in [0.4, 0.5) is 15.8 Å². The van der Waals surface area contributed by atoms with E-state index < -0.39 is 16.4 Å². The fourth-order valence-electron chi connectivity index (χ4n) is 2.17. The summed E-state index contributed by atoms with van der Waals surface area (Å²) in [6.07, 6.45) is 0. The van der Waals surface area contributed by atoms with Gasteiger partial charge in [0.1, 0.15) is 11.4 Å². The van der Waals surface area contributed by atoms with Crippen LogP contribution in [0.3, 0.4) is 0 Å². The first-order valence-electron chi connectivity index (χ1n) is 6.30. The zero-order valence-electron chi connectivity index (χ0n) is 11.7. The van der Waals surface area contributed by atoms with E-state index >= 15 is 0 Å². The van der Waals surface area contributed by atoms with Gasteiger partial charge in [-0.05, 0) is 18.2 Å². The van der Waals surface area contributed by atoms with E-state index in [1.807, 2.05) is 24.3 Å². The largest absolute Gasteiger partial charge is 0.496 e. The van der Waals surface area contributed by atoms with Gasteiger partial charge in [-0.2, -0.15) is 4.39 Å². The monoisotopic (exact) mass is 290 g/mol. The van der Waals surface area contributed by atoms with Gasteiger partial charge in [0.05, 0.1) is 12.0 Å². The average molecular weight is 290 g/mol. The van der Waals surface area contributed by atoms with Crippen LogP contribution in [0, 0.1) is 15.9 Å². The molecule has 2 aromatic rings. The van der Waals surface area contributed by atoms with E-state index in [0.717, 1.165) is 11.6 Å². The minimum atomic E-state index is -0.843. The van der Waals surface area contributed by atoms with Gasteiger partial charge in [0.25, 0.3) is 0 Å². The summed E-state index contributed by atoms with van der Waals surface area (Å²) < 4.78 is 18.9. The van der Waals surface area contributed by atoms with E-state index in [2.05, 4.69) is 0 Å². The molecule has 0 bridgehead atoms. The van der Waals surface area contributed by atoms with Crippen molar-refractivity contribution in [2.75, 3.05) is 19.1 Å². The van der Waals surface area contributed by atoms with Crippen molar-refractivity contribution in [1.29, 1.82) is 0 Å². The highest BCUT2D eigenvalue weighted by Crippen LogP contribution is 2.31. The van der Waals surface area contributed by atoms with E-state index in [1.165, 1.54) is 12.1 Å². The van der Waals surface area contributed by atoms with Gasteiger partial charge < -0.3 is 9.64 Å². The van der Waals surface area contributed by atoms with Crippen molar-refractivity contribution in [3.8, 4) is 5.75 Å². The number of ether oxygens (including phenoxy) is 1. The van der Waals surface area contributed by atoms with E-state index in [9.17, 15) is 14.5 Å². The third-order valence-electron chi connectivity index (χ3n) is 3.16. The SMILES string of the molecule is COc1ccccc1CN(C)c1cccc(F)c1[N+](=O)[O-]. The lowest BCUT2D eigenvalue weighted by atomic mass is 10.1. The number of anilines is 1. The molecule has 0 aliphatic carbocycles. The van der Waals surface area contributed by atoms with Gasteiger partial charge in [-0.25, -0.2) is 0 Å². The van der Waals surface area contributed by atoms with Gasteiger partial charge in [0.15, 0.2) is 0 Å². The number of halogens is 1. The number of hydrogen-bond donors (Lipinski definition) is 0. The zero-order chi connectivity index (χ0) is 15.4. The predicted molar refractivity (Wildman–Crippen MR) is 78.2 cm³/mol. The van der Waals surface area contributed by atoms with E-state index in [-0.39, 0.29) is 5.69 Å². The maximum Gasteiger partial charge on any atom is 0.327 e. The third-order valence-corrected chi connectivity index (χ3v) is 3.16. The quantitative estimate of drug-likeness (QED) is 0.625. The molecule has 5 nitrogen and oxygen atoms in total. The minimum Gasteiger partial charge on any atom is -0.496 e. The number of hydrogen-bond acceptors (Lipinski definition) is 4. The molecule has 0 amide bonds. The molecule has 0 heterocycles. The molecule has 0 unspecified atom stereocenters. The van der Waals surface area contributed by atoms with Crippen LogP contribution >= 0.6 is 0 Å². The van der Waals surface area contributed by atoms with Gasteiger partial charge in [-0.3, -0.25) is 10.1 Å². The normalized spacial score (nSPS) is 10.2. The number of nitro groups is 1. The predicted octanol–water partition coefficient (Wildman–Crippen LogP) is 3.38. The lowest BCUT2D eigenvalue weighted by Crippen LogP contribution is -2.18. The first-order valence-corrected chi connectivity index (χ1v) is 6.30. The van der Waals surface area contributed by atoms with Gasteiger partial charge in [-0.1, -0.05) is 24.3 Å². The third kappa shape index (κ3) is 3.10. The first kappa shape index (κ1) is 14.8. The Bertz CT molecular complexity index is 661. The number of nitrogens with zero attached hydrogens (tertiary/aromatic N) is 2. The molecule has 0 fully saturated rings. The number of methoxy groups -OCH3 is 1. The molecular weight excluding hydrogens is 275 g/mol. The van der Waals surface area contributed by atoms with Crippen molar-refractivity contribution < 1.29 is 14.1 Å². The van der Waals surface area contributed by atoms with Crippen molar-refractivity contribution in [3.05, 3.63) is 64.0 Å². The summed E-state index contributed by atoms with van der Waals surface area (Å²) in [4.78, 5) is 12.0. The Kier molecular flexibility index (Phi) is 4.37. The summed E-state index contributed by atoms with van der Waals surface area (Å²) in [7, 11) is 3.23. The Morgan fingerprint density at radius 3 is 2.62 bits per heavy atom. The smallest absolute Gasteiger partial charge is 0.327 e. The summed E-state index contributed by atoms with van der Waals surface area (Å²) in [6.45, 7) is 0.369. The number of rotatable bonds is 5. The second-order valence-corrected chi connectivity index (χ2v) is 4.53. The van der Waals surface area contributed by atoms with Crippen molar-refractivity contribution in [3.63, 3.8) is 0 Å². The van der Waals surface area contributed by atoms with E-state index in [4.69, 9.17) is 4.74 Å². The number of benzene rings is 2. The molecule has 0 spiro atoms. The Balaban J connectivity index is 2.35. The first-order chi connectivity index (χ1) is 10.0. The maximum atomic E-state index is 13.7. The standard InChI is InChI=1S/C15H15FN2O3/c1-17(10-11-6-3-4-9-14(11)21-2)13-8-5-7-12(16)15(13)18(19)20/h3-9H,10H2,1-2H3.